The number of aromatic amines is 1. The van der Waals surface area contributed by atoms with E-state index in [1.165, 1.54) is 0 Å². The van der Waals surface area contributed by atoms with Crippen LogP contribution in [0.2, 0.25) is 0 Å². The fourth-order valence-electron chi connectivity index (χ4n) is 7.90. The van der Waals surface area contributed by atoms with E-state index >= 15 is 0 Å². The molecule has 2 saturated carbocycles. The Kier molecular flexibility index (Phi) is 8.16. The number of nitrogens with zero attached hydrogens (tertiary/aromatic N) is 1. The minimum atomic E-state index is -1.06. The number of carbonyl (C=O) groups excluding carboxylic acids is 4. The normalized spacial score (nSPS) is 26.8. The average Bonchev–Trinajstić information content (AvgIpc) is 3.78. The summed E-state index contributed by atoms with van der Waals surface area (Å²) in [5.41, 5.74) is 1.84. The van der Waals surface area contributed by atoms with Crippen molar-refractivity contribution in [1.29, 1.82) is 0 Å². The molecule has 2 aliphatic carbocycles. The first-order valence-electron chi connectivity index (χ1n) is 15.4. The van der Waals surface area contributed by atoms with Gasteiger partial charge >= 0.3 is 16.8 Å². The second-order valence-corrected chi connectivity index (χ2v) is 14.3. The molecule has 14 heteroatoms. The van der Waals surface area contributed by atoms with E-state index in [-0.39, 0.29) is 77.7 Å². The van der Waals surface area contributed by atoms with Crippen LogP contribution in [0, 0.1) is 29.6 Å². The van der Waals surface area contributed by atoms with E-state index in [0.717, 1.165) is 38.1 Å². The number of carboxylic acids is 1. The van der Waals surface area contributed by atoms with Gasteiger partial charge in [0.25, 0.3) is 5.91 Å². The first-order valence-corrected chi connectivity index (χ1v) is 17.1. The van der Waals surface area contributed by atoms with E-state index in [4.69, 9.17) is 14.6 Å². The molecule has 3 amide bonds. The van der Waals surface area contributed by atoms with Crippen LogP contribution in [0.4, 0.5) is 5.69 Å². The molecule has 0 spiro atoms. The summed E-state index contributed by atoms with van der Waals surface area (Å²) in [5.74, 6) is -3.17. The summed E-state index contributed by atoms with van der Waals surface area (Å²) in [6.07, 6.45) is 0.453. The summed E-state index contributed by atoms with van der Waals surface area (Å²) < 4.78 is 10.7. The number of likely N-dealkylation sites (tertiary alicyclic amines) is 1. The Balaban J connectivity index is 1.06. The van der Waals surface area contributed by atoms with E-state index in [1.54, 1.807) is 55.1 Å². The number of benzene rings is 2. The second-order valence-electron chi connectivity index (χ2n) is 12.1. The molecule has 1 saturated heterocycles. The van der Waals surface area contributed by atoms with Crippen LogP contribution in [0.5, 0.6) is 5.75 Å². The van der Waals surface area contributed by atoms with Gasteiger partial charge in [-0.2, -0.15) is 0 Å². The largest absolute Gasteiger partial charge is 0.484 e. The minimum absolute atomic E-state index is 0.00846. The number of thiazole rings is 1. The Morgan fingerprint density at radius 3 is 2.38 bits per heavy atom. The van der Waals surface area contributed by atoms with Crippen molar-refractivity contribution >= 4 is 58.4 Å². The number of rotatable bonds is 10. The summed E-state index contributed by atoms with van der Waals surface area (Å²) >= 11 is 2.75. The van der Waals surface area contributed by atoms with Gasteiger partial charge in [0.05, 0.1) is 35.5 Å². The van der Waals surface area contributed by atoms with Crippen molar-refractivity contribution in [2.45, 2.75) is 36.0 Å². The molecule has 7 rings (SSSR count). The van der Waals surface area contributed by atoms with Crippen LogP contribution < -0.4 is 14.9 Å². The van der Waals surface area contributed by atoms with Crippen LogP contribution in [-0.4, -0.2) is 69.7 Å². The molecule has 47 heavy (non-hydrogen) atoms. The third kappa shape index (κ3) is 5.52. The number of esters is 1. The first kappa shape index (κ1) is 31.2. The second kappa shape index (κ2) is 12.3. The number of carbonyl (C=O) groups is 5. The van der Waals surface area contributed by atoms with E-state index in [1.807, 2.05) is 12.1 Å². The van der Waals surface area contributed by atoms with E-state index in [9.17, 15) is 28.8 Å². The highest BCUT2D eigenvalue weighted by Crippen LogP contribution is 2.68. The number of amides is 3. The maximum atomic E-state index is 13.5. The van der Waals surface area contributed by atoms with Gasteiger partial charge in [-0.3, -0.25) is 28.9 Å². The smallest absolute Gasteiger partial charge is 0.338 e. The number of hydrogen-bond donors (Lipinski definition) is 3. The molecular weight excluding hydrogens is 647 g/mol. The topological polar surface area (TPSA) is 172 Å². The highest BCUT2D eigenvalue weighted by Gasteiger charge is 2.69. The molecule has 3 N–H and O–H groups in total. The SMILES string of the molecule is CCOC(=O)c1ccc(NC(=O)COc2ccc([C@H]3c4sc(=O)[nH]c4SC4C5CC(C6C(=O)N(CCC(=O)O)C(=O)C56)C43)cc2)cc1. The molecule has 7 atom stereocenters. The van der Waals surface area contributed by atoms with Crippen LogP contribution in [0.3, 0.4) is 0 Å². The van der Waals surface area contributed by atoms with Crippen LogP contribution in [0.1, 0.15) is 46.5 Å². The monoisotopic (exact) mass is 677 g/mol. The van der Waals surface area contributed by atoms with Gasteiger partial charge in [0.2, 0.25) is 11.8 Å². The van der Waals surface area contributed by atoms with Gasteiger partial charge in [0.15, 0.2) is 6.61 Å². The van der Waals surface area contributed by atoms with Crippen molar-refractivity contribution in [1.82, 2.24) is 9.88 Å². The molecular formula is C33H31N3O9S2. The lowest BCUT2D eigenvalue weighted by Crippen LogP contribution is -2.42. The fourth-order valence-corrected chi connectivity index (χ4v) is 10.8. The highest BCUT2D eigenvalue weighted by molar-refractivity contribution is 8.00. The predicted molar refractivity (Wildman–Crippen MR) is 170 cm³/mol. The van der Waals surface area contributed by atoms with Crippen LogP contribution in [0.25, 0.3) is 0 Å². The number of thioether (sulfide) groups is 1. The summed E-state index contributed by atoms with van der Waals surface area (Å²) in [5, 5.41) is 12.7. The molecule has 2 bridgehead atoms. The standard InChI is InChI=1S/C33H31N3O9S2/c1-2-44-32(42)16-3-7-17(8-4-16)34-21(37)14-45-18-9-5-15(6-10-18)23-24-19-13-20(27(24)46-29-28(23)47-33(43)35-29)26-25(19)30(40)36(31(26)41)12-11-22(38)39/h3-10,19-20,23-27H,2,11-14H2,1H3,(H,34,37)(H,35,43)(H,38,39)/t19?,20?,23-,24?,25?,26?,27?/m1/s1. The quantitative estimate of drug-likeness (QED) is 0.213. The molecule has 1 aromatic heterocycles. The molecule has 6 unspecified atom stereocenters. The van der Waals surface area contributed by atoms with Crippen molar-refractivity contribution in [2.75, 3.05) is 25.1 Å². The zero-order valence-corrected chi connectivity index (χ0v) is 26.8. The molecule has 3 aromatic rings. The Labute approximate surface area is 276 Å². The summed E-state index contributed by atoms with van der Waals surface area (Å²) in [4.78, 5) is 79.8. The van der Waals surface area contributed by atoms with E-state index in [0.29, 0.717) is 17.0 Å². The number of aromatic nitrogens is 1. The van der Waals surface area contributed by atoms with E-state index < -0.39 is 23.8 Å². The van der Waals surface area contributed by atoms with Crippen LogP contribution in [-0.2, 0) is 23.9 Å². The van der Waals surface area contributed by atoms with Crippen molar-refractivity contribution in [3.05, 3.63) is 74.2 Å². The number of nitrogens with one attached hydrogen (secondary N) is 2. The lowest BCUT2D eigenvalue weighted by atomic mass is 9.68. The Morgan fingerprint density at radius 2 is 1.70 bits per heavy atom. The number of imide groups is 1. The van der Waals surface area contributed by atoms with Crippen molar-refractivity contribution in [3.63, 3.8) is 0 Å². The van der Waals surface area contributed by atoms with Crippen molar-refractivity contribution in [3.8, 4) is 5.75 Å². The maximum absolute atomic E-state index is 13.5. The lowest BCUT2D eigenvalue weighted by molar-refractivity contribution is -0.142. The Bertz CT molecular complexity index is 1820. The molecule has 0 radical (unpaired) electrons. The van der Waals surface area contributed by atoms with Gasteiger partial charge in [-0.25, -0.2) is 4.79 Å². The van der Waals surface area contributed by atoms with Crippen LogP contribution in [0.15, 0.2) is 58.4 Å². The highest BCUT2D eigenvalue weighted by atomic mass is 32.2. The van der Waals surface area contributed by atoms with Gasteiger partial charge in [-0.05, 0) is 73.1 Å². The van der Waals surface area contributed by atoms with E-state index in [2.05, 4.69) is 10.3 Å². The van der Waals surface area contributed by atoms with Gasteiger partial charge in [0.1, 0.15) is 5.75 Å². The third-order valence-corrected chi connectivity index (χ3v) is 12.2. The van der Waals surface area contributed by atoms with Crippen molar-refractivity contribution in [2.24, 2.45) is 29.6 Å². The third-order valence-electron chi connectivity index (χ3n) is 9.65. The minimum Gasteiger partial charge on any atom is -0.484 e. The molecule has 12 nitrogen and oxygen atoms in total. The average molecular weight is 678 g/mol. The summed E-state index contributed by atoms with van der Waals surface area (Å²) in [7, 11) is 0. The molecule has 3 heterocycles. The fraction of sp³-hybridized carbons (Fsp3) is 0.394. The Hall–Kier alpha value is -4.43. The number of carboxylic acid groups (broad SMARTS) is 1. The number of ether oxygens (including phenoxy) is 2. The van der Waals surface area contributed by atoms with Gasteiger partial charge < -0.3 is 24.9 Å². The maximum Gasteiger partial charge on any atom is 0.338 e. The number of aliphatic carboxylic acids is 1. The zero-order valence-electron chi connectivity index (χ0n) is 25.2. The molecule has 2 aromatic carbocycles. The molecule has 3 fully saturated rings. The molecule has 244 valence electrons. The molecule has 4 aliphatic rings. The summed E-state index contributed by atoms with van der Waals surface area (Å²) in [6, 6.07) is 13.7. The molecule has 2 aliphatic heterocycles. The van der Waals surface area contributed by atoms with Crippen molar-refractivity contribution < 1.29 is 38.6 Å². The predicted octanol–water partition coefficient (Wildman–Crippen LogP) is 3.58. The van der Waals surface area contributed by atoms with Crippen LogP contribution >= 0.6 is 23.1 Å². The Morgan fingerprint density at radius 1 is 1.00 bits per heavy atom. The summed E-state index contributed by atoms with van der Waals surface area (Å²) in [6.45, 7) is 1.64. The van der Waals surface area contributed by atoms with Gasteiger partial charge in [-0.15, -0.1) is 11.8 Å². The number of anilines is 1. The lowest BCUT2D eigenvalue weighted by Gasteiger charge is -2.43. The number of fused-ring (bicyclic) bond motifs is 9. The first-order chi connectivity index (χ1) is 22.6. The zero-order chi connectivity index (χ0) is 33.0. The number of hydrogen-bond acceptors (Lipinski definition) is 10. The van der Waals surface area contributed by atoms with Gasteiger partial charge in [-0.1, -0.05) is 23.5 Å². The number of H-pyrrole nitrogens is 1. The van der Waals surface area contributed by atoms with Gasteiger partial charge in [0, 0.05) is 28.3 Å².